The Bertz CT molecular complexity index is 418. The fourth-order valence-electron chi connectivity index (χ4n) is 3.61. The zero-order valence-corrected chi connectivity index (χ0v) is 12.6. The summed E-state index contributed by atoms with van der Waals surface area (Å²) in [6, 6.07) is 0. The van der Waals surface area contributed by atoms with Crippen LogP contribution in [-0.4, -0.2) is 36.0 Å². The largest absolute Gasteiger partial charge is 0.391 e. The molecule has 2 fully saturated rings. The van der Waals surface area contributed by atoms with Gasteiger partial charge in [-0.25, -0.2) is 0 Å². The number of halogens is 3. The van der Waals surface area contributed by atoms with Crippen LogP contribution in [0.15, 0.2) is 0 Å². The molecule has 2 aliphatic rings. The standard InChI is InChI=1S/C15H23F3N2O2/c16-15(17,18)12-3-1-2-11(9-12)14(22)20-6-4-10(5-7-20)8-13(19)21/h10-12H,1-9H2,(H2,19,21)/t11-,12+/m0/s1. The molecule has 0 bridgehead atoms. The summed E-state index contributed by atoms with van der Waals surface area (Å²) in [5.41, 5.74) is 5.16. The van der Waals surface area contributed by atoms with Crippen molar-refractivity contribution in [3.8, 4) is 0 Å². The van der Waals surface area contributed by atoms with Crippen LogP contribution in [0.5, 0.6) is 0 Å². The lowest BCUT2D eigenvalue weighted by atomic mass is 9.80. The molecular weight excluding hydrogens is 297 g/mol. The zero-order chi connectivity index (χ0) is 16.3. The zero-order valence-electron chi connectivity index (χ0n) is 12.6. The number of nitrogens with zero attached hydrogens (tertiary/aromatic N) is 1. The van der Waals surface area contributed by atoms with Crippen molar-refractivity contribution in [2.75, 3.05) is 13.1 Å². The number of carbonyl (C=O) groups excluding carboxylic acids is 2. The Morgan fingerprint density at radius 2 is 1.73 bits per heavy atom. The normalized spacial score (nSPS) is 27.7. The van der Waals surface area contributed by atoms with Gasteiger partial charge in [-0.05, 0) is 38.0 Å². The summed E-state index contributed by atoms with van der Waals surface area (Å²) >= 11 is 0. The molecule has 2 amide bonds. The van der Waals surface area contributed by atoms with Gasteiger partial charge in [-0.1, -0.05) is 6.42 Å². The van der Waals surface area contributed by atoms with Gasteiger partial charge < -0.3 is 10.6 Å². The van der Waals surface area contributed by atoms with Gasteiger partial charge in [0.15, 0.2) is 0 Å². The lowest BCUT2D eigenvalue weighted by Crippen LogP contribution is -2.44. The van der Waals surface area contributed by atoms with E-state index in [-0.39, 0.29) is 30.6 Å². The molecule has 22 heavy (non-hydrogen) atoms. The van der Waals surface area contributed by atoms with Crippen molar-refractivity contribution in [1.29, 1.82) is 0 Å². The van der Waals surface area contributed by atoms with E-state index in [2.05, 4.69) is 0 Å². The summed E-state index contributed by atoms with van der Waals surface area (Å²) in [6.07, 6.45) is -1.42. The quantitative estimate of drug-likeness (QED) is 0.868. The van der Waals surface area contributed by atoms with E-state index in [1.54, 1.807) is 4.90 Å². The summed E-state index contributed by atoms with van der Waals surface area (Å²) in [7, 11) is 0. The molecule has 1 aliphatic heterocycles. The molecule has 1 heterocycles. The number of amides is 2. The number of likely N-dealkylation sites (tertiary alicyclic amines) is 1. The molecule has 126 valence electrons. The minimum atomic E-state index is -4.20. The average Bonchev–Trinajstić information content (AvgIpc) is 2.46. The number of piperidine rings is 1. The van der Waals surface area contributed by atoms with Crippen molar-refractivity contribution in [3.63, 3.8) is 0 Å². The van der Waals surface area contributed by atoms with Crippen molar-refractivity contribution < 1.29 is 22.8 Å². The molecule has 0 aromatic heterocycles. The number of primary amides is 1. The van der Waals surface area contributed by atoms with Crippen molar-refractivity contribution in [3.05, 3.63) is 0 Å². The van der Waals surface area contributed by atoms with E-state index in [0.29, 0.717) is 45.2 Å². The predicted octanol–water partition coefficient (Wildman–Crippen LogP) is 2.47. The van der Waals surface area contributed by atoms with E-state index < -0.39 is 18.0 Å². The van der Waals surface area contributed by atoms with Crippen molar-refractivity contribution in [1.82, 2.24) is 4.90 Å². The van der Waals surface area contributed by atoms with Crippen LogP contribution >= 0.6 is 0 Å². The number of rotatable bonds is 3. The molecule has 0 radical (unpaired) electrons. The van der Waals surface area contributed by atoms with Crippen LogP contribution in [0.2, 0.25) is 0 Å². The summed E-state index contributed by atoms with van der Waals surface area (Å²) < 4.78 is 38.5. The highest BCUT2D eigenvalue weighted by molar-refractivity contribution is 5.79. The molecule has 1 saturated heterocycles. The first kappa shape index (κ1) is 17.1. The summed E-state index contributed by atoms with van der Waals surface area (Å²) in [5, 5.41) is 0. The molecule has 0 aromatic carbocycles. The molecule has 2 atom stereocenters. The SMILES string of the molecule is NC(=O)CC1CCN(C(=O)[C@H]2CCC[C@@H](C(F)(F)F)C2)CC1. The second-order valence-electron chi connectivity index (χ2n) is 6.54. The first-order chi connectivity index (χ1) is 10.3. The van der Waals surface area contributed by atoms with Crippen LogP contribution in [0.1, 0.15) is 44.9 Å². The highest BCUT2D eigenvalue weighted by atomic mass is 19.4. The second-order valence-corrected chi connectivity index (χ2v) is 6.54. The van der Waals surface area contributed by atoms with Crippen LogP contribution < -0.4 is 5.73 Å². The lowest BCUT2D eigenvalue weighted by molar-refractivity contribution is -0.187. The predicted molar refractivity (Wildman–Crippen MR) is 74.6 cm³/mol. The highest BCUT2D eigenvalue weighted by Crippen LogP contribution is 2.40. The van der Waals surface area contributed by atoms with E-state index >= 15 is 0 Å². The van der Waals surface area contributed by atoms with Crippen molar-refractivity contribution in [2.45, 2.75) is 51.1 Å². The van der Waals surface area contributed by atoms with Gasteiger partial charge in [0.1, 0.15) is 0 Å². The molecular formula is C15H23F3N2O2. The number of hydrogen-bond acceptors (Lipinski definition) is 2. The minimum Gasteiger partial charge on any atom is -0.370 e. The second kappa shape index (κ2) is 6.87. The molecule has 0 aromatic rings. The van der Waals surface area contributed by atoms with Gasteiger partial charge in [0.2, 0.25) is 11.8 Å². The molecule has 4 nitrogen and oxygen atoms in total. The first-order valence-corrected chi connectivity index (χ1v) is 7.91. The molecule has 1 saturated carbocycles. The highest BCUT2D eigenvalue weighted by Gasteiger charge is 2.44. The number of hydrogen-bond donors (Lipinski definition) is 1. The number of alkyl halides is 3. The van der Waals surface area contributed by atoms with E-state index in [9.17, 15) is 22.8 Å². The van der Waals surface area contributed by atoms with Gasteiger partial charge in [0.25, 0.3) is 0 Å². The van der Waals surface area contributed by atoms with Gasteiger partial charge in [0.05, 0.1) is 5.92 Å². The smallest absolute Gasteiger partial charge is 0.370 e. The third kappa shape index (κ3) is 4.36. The van der Waals surface area contributed by atoms with E-state index in [0.717, 1.165) is 0 Å². The van der Waals surface area contributed by atoms with Crippen LogP contribution in [0.3, 0.4) is 0 Å². The topological polar surface area (TPSA) is 63.4 Å². The molecule has 1 aliphatic carbocycles. The Balaban J connectivity index is 1.86. The Morgan fingerprint density at radius 1 is 1.09 bits per heavy atom. The van der Waals surface area contributed by atoms with Crippen LogP contribution in [0.4, 0.5) is 13.2 Å². The van der Waals surface area contributed by atoms with E-state index in [4.69, 9.17) is 5.73 Å². The van der Waals surface area contributed by atoms with Gasteiger partial charge >= 0.3 is 6.18 Å². The molecule has 0 unspecified atom stereocenters. The third-order valence-corrected chi connectivity index (χ3v) is 4.90. The lowest BCUT2D eigenvalue weighted by Gasteiger charge is -2.36. The van der Waals surface area contributed by atoms with Crippen molar-refractivity contribution in [2.24, 2.45) is 23.5 Å². The Labute approximate surface area is 128 Å². The number of nitrogens with two attached hydrogens (primary N) is 1. The first-order valence-electron chi connectivity index (χ1n) is 7.91. The maximum atomic E-state index is 12.8. The van der Waals surface area contributed by atoms with Crippen molar-refractivity contribution >= 4 is 11.8 Å². The fraction of sp³-hybridized carbons (Fsp3) is 0.867. The molecule has 0 spiro atoms. The van der Waals surface area contributed by atoms with Gasteiger partial charge in [0, 0.05) is 25.4 Å². The summed E-state index contributed by atoms with van der Waals surface area (Å²) in [4.78, 5) is 25.0. The Morgan fingerprint density at radius 3 is 2.27 bits per heavy atom. The Kier molecular flexibility index (Phi) is 5.34. The van der Waals surface area contributed by atoms with Gasteiger partial charge in [-0.3, -0.25) is 9.59 Å². The Hall–Kier alpha value is -1.27. The monoisotopic (exact) mass is 320 g/mol. The van der Waals surface area contributed by atoms with Crippen LogP contribution in [0, 0.1) is 17.8 Å². The summed E-state index contributed by atoms with van der Waals surface area (Å²) in [5.74, 6) is -2.15. The average molecular weight is 320 g/mol. The summed E-state index contributed by atoms with van der Waals surface area (Å²) in [6.45, 7) is 1.04. The fourth-order valence-corrected chi connectivity index (χ4v) is 3.61. The van der Waals surface area contributed by atoms with Crippen LogP contribution in [-0.2, 0) is 9.59 Å². The third-order valence-electron chi connectivity index (χ3n) is 4.90. The molecule has 7 heteroatoms. The maximum absolute atomic E-state index is 12.8. The van der Waals surface area contributed by atoms with E-state index in [1.807, 2.05) is 0 Å². The van der Waals surface area contributed by atoms with Gasteiger partial charge in [-0.15, -0.1) is 0 Å². The van der Waals surface area contributed by atoms with Crippen LogP contribution in [0.25, 0.3) is 0 Å². The molecule has 2 rings (SSSR count). The minimum absolute atomic E-state index is 0.0798. The van der Waals surface area contributed by atoms with E-state index in [1.165, 1.54) is 0 Å². The molecule has 2 N–H and O–H groups in total. The van der Waals surface area contributed by atoms with Gasteiger partial charge in [-0.2, -0.15) is 13.2 Å². The maximum Gasteiger partial charge on any atom is 0.391 e. The number of carbonyl (C=O) groups is 2.